The van der Waals surface area contributed by atoms with Crippen LogP contribution in [0.15, 0.2) is 108 Å². The summed E-state index contributed by atoms with van der Waals surface area (Å²) in [5.74, 6) is -0.259. The minimum Gasteiger partial charge on any atom is -0.369 e. The Hall–Kier alpha value is -3.83. The molecule has 3 aromatic rings. The minimum atomic E-state index is -0.623. The maximum absolute atomic E-state index is 13.9. The van der Waals surface area contributed by atoms with Crippen molar-refractivity contribution in [2.45, 2.75) is 12.8 Å². The van der Waals surface area contributed by atoms with Gasteiger partial charge in [-0.25, -0.2) is 0 Å². The molecule has 6 heteroatoms. The maximum atomic E-state index is 13.9. The smallest absolute Gasteiger partial charge is 0.254 e. The topological polar surface area (TPSA) is 61.4 Å². The predicted molar refractivity (Wildman–Crippen MR) is 134 cm³/mol. The molecule has 34 heavy (non-hydrogen) atoms. The molecule has 1 atom stereocenters. The van der Waals surface area contributed by atoms with Crippen molar-refractivity contribution in [2.24, 2.45) is 0 Å². The van der Waals surface area contributed by atoms with Crippen LogP contribution in [0.2, 0.25) is 5.02 Å². The molecule has 1 saturated heterocycles. The Morgan fingerprint density at radius 2 is 1.56 bits per heavy atom. The fraction of sp³-hybridized carbons (Fsp3) is 0.143. The van der Waals surface area contributed by atoms with Crippen LogP contribution in [-0.4, -0.2) is 29.7 Å². The molecule has 2 aliphatic heterocycles. The molecule has 3 aromatic carbocycles. The van der Waals surface area contributed by atoms with Crippen LogP contribution < -0.4 is 10.6 Å². The highest BCUT2D eigenvalue weighted by molar-refractivity contribution is 6.31. The maximum Gasteiger partial charge on any atom is 0.254 e. The molecule has 1 unspecified atom stereocenters. The molecule has 1 amide bonds. The molecule has 5 nitrogen and oxygen atoms in total. The largest absolute Gasteiger partial charge is 0.369 e. The number of carbonyl (C=O) groups excluding carboxylic acids is 2. The Bertz CT molecular complexity index is 1320. The molecule has 5 rings (SSSR count). The van der Waals surface area contributed by atoms with Crippen LogP contribution in [0.1, 0.15) is 28.8 Å². The molecule has 0 aliphatic carbocycles. The van der Waals surface area contributed by atoms with Crippen molar-refractivity contribution in [3.05, 3.63) is 124 Å². The fourth-order valence-electron chi connectivity index (χ4n) is 4.72. The number of nitrogens with zero attached hydrogens (tertiary/aromatic N) is 1. The number of hydrogen-bond acceptors (Lipinski definition) is 4. The molecule has 170 valence electrons. The number of allylic oxidation sites excluding steroid dienone is 2. The average Bonchev–Trinajstić information content (AvgIpc) is 3.35. The molecule has 2 aliphatic rings. The van der Waals surface area contributed by atoms with Crippen molar-refractivity contribution >= 4 is 29.0 Å². The third kappa shape index (κ3) is 3.88. The SMILES string of the molecule is CC1=C(C(=O)Nc2ccccc2)C(c2ccccc2Cl)C(C(=O)c2ccccc2)=C2NCCN12. The summed E-state index contributed by atoms with van der Waals surface area (Å²) in [5, 5.41) is 6.92. The number of nitrogens with one attached hydrogen (secondary N) is 2. The van der Waals surface area contributed by atoms with E-state index in [-0.39, 0.29) is 11.7 Å². The average molecular weight is 470 g/mol. The Morgan fingerprint density at radius 3 is 2.26 bits per heavy atom. The highest BCUT2D eigenvalue weighted by Gasteiger charge is 2.42. The summed E-state index contributed by atoms with van der Waals surface area (Å²) in [4.78, 5) is 29.8. The lowest BCUT2D eigenvalue weighted by Gasteiger charge is -2.36. The quantitative estimate of drug-likeness (QED) is 0.494. The zero-order valence-corrected chi connectivity index (χ0v) is 19.5. The second-order valence-corrected chi connectivity index (χ2v) is 8.72. The second kappa shape index (κ2) is 9.20. The number of fused-ring (bicyclic) bond motifs is 1. The van der Waals surface area contributed by atoms with Crippen molar-refractivity contribution in [1.82, 2.24) is 10.2 Å². The summed E-state index contributed by atoms with van der Waals surface area (Å²) in [6.07, 6.45) is 0. The molecule has 2 heterocycles. The number of Topliss-reactive ketones (excluding diaryl/α,β-unsaturated/α-hetero) is 1. The first-order valence-electron chi connectivity index (χ1n) is 11.2. The highest BCUT2D eigenvalue weighted by Crippen LogP contribution is 2.45. The molecule has 1 fully saturated rings. The van der Waals surface area contributed by atoms with E-state index in [2.05, 4.69) is 10.6 Å². The standard InChI is InChI=1S/C28H24ClN3O2/c1-18-23(28(34)31-20-12-6-3-7-13-20)24(21-14-8-9-15-22(21)29)25(27-30-16-17-32(18)27)26(33)19-10-4-2-5-11-19/h2-15,24,30H,16-17H2,1H3,(H,31,34). The number of halogens is 1. The number of benzene rings is 3. The van der Waals surface area contributed by atoms with Gasteiger partial charge in [-0.15, -0.1) is 0 Å². The van der Waals surface area contributed by atoms with Crippen molar-refractivity contribution in [3.63, 3.8) is 0 Å². The number of para-hydroxylation sites is 1. The Labute approximate surface area is 203 Å². The van der Waals surface area contributed by atoms with Crippen LogP contribution in [0.3, 0.4) is 0 Å². The molecule has 0 spiro atoms. The molecule has 0 bridgehead atoms. The summed E-state index contributed by atoms with van der Waals surface area (Å²) in [7, 11) is 0. The molecule has 0 radical (unpaired) electrons. The molecular formula is C28H24ClN3O2. The van der Waals surface area contributed by atoms with Crippen LogP contribution >= 0.6 is 11.6 Å². The summed E-state index contributed by atoms with van der Waals surface area (Å²) in [6, 6.07) is 25.9. The van der Waals surface area contributed by atoms with E-state index in [1.165, 1.54) is 0 Å². The Balaban J connectivity index is 1.70. The number of hydrogen-bond donors (Lipinski definition) is 2. The normalized spacial score (nSPS) is 17.4. The van der Waals surface area contributed by atoms with Crippen molar-refractivity contribution in [3.8, 4) is 0 Å². The monoisotopic (exact) mass is 469 g/mol. The van der Waals surface area contributed by atoms with E-state index in [1.807, 2.05) is 78.6 Å². The van der Waals surface area contributed by atoms with Crippen LogP contribution in [-0.2, 0) is 4.79 Å². The number of carbonyl (C=O) groups is 2. The van der Waals surface area contributed by atoms with Crippen LogP contribution in [0, 0.1) is 0 Å². The second-order valence-electron chi connectivity index (χ2n) is 8.31. The van der Waals surface area contributed by atoms with Gasteiger partial charge in [-0.1, -0.05) is 78.3 Å². The van der Waals surface area contributed by atoms with Crippen LogP contribution in [0.25, 0.3) is 0 Å². The zero-order chi connectivity index (χ0) is 23.7. The fourth-order valence-corrected chi connectivity index (χ4v) is 4.97. The number of rotatable bonds is 5. The van der Waals surface area contributed by atoms with Crippen molar-refractivity contribution < 1.29 is 9.59 Å². The lowest BCUT2D eigenvalue weighted by Crippen LogP contribution is -2.36. The van der Waals surface area contributed by atoms with Gasteiger partial charge in [0.05, 0.1) is 11.5 Å². The summed E-state index contributed by atoms with van der Waals surface area (Å²) in [5.41, 5.74) is 3.84. The Morgan fingerprint density at radius 1 is 0.912 bits per heavy atom. The van der Waals surface area contributed by atoms with E-state index in [0.29, 0.717) is 40.5 Å². The lowest BCUT2D eigenvalue weighted by atomic mass is 9.77. The van der Waals surface area contributed by atoms with Gasteiger partial charge in [0.2, 0.25) is 0 Å². The summed E-state index contributed by atoms with van der Waals surface area (Å²) < 4.78 is 0. The third-order valence-electron chi connectivity index (χ3n) is 6.30. The van der Waals surface area contributed by atoms with Crippen LogP contribution in [0.5, 0.6) is 0 Å². The zero-order valence-electron chi connectivity index (χ0n) is 18.7. The van der Waals surface area contributed by atoms with E-state index >= 15 is 0 Å². The van der Waals surface area contributed by atoms with Gasteiger partial charge >= 0.3 is 0 Å². The van der Waals surface area contributed by atoms with E-state index in [4.69, 9.17) is 11.6 Å². The van der Waals surface area contributed by atoms with Gasteiger partial charge in [0.25, 0.3) is 5.91 Å². The van der Waals surface area contributed by atoms with Gasteiger partial charge in [-0.05, 0) is 30.7 Å². The number of amides is 1. The van der Waals surface area contributed by atoms with Crippen LogP contribution in [0.4, 0.5) is 5.69 Å². The third-order valence-corrected chi connectivity index (χ3v) is 6.64. The number of ketones is 1. The molecular weight excluding hydrogens is 446 g/mol. The van der Waals surface area contributed by atoms with Gasteiger partial charge in [0, 0.05) is 40.6 Å². The first-order chi connectivity index (χ1) is 16.6. The highest BCUT2D eigenvalue weighted by atomic mass is 35.5. The molecule has 2 N–H and O–H groups in total. The van der Waals surface area contributed by atoms with Gasteiger partial charge < -0.3 is 15.5 Å². The van der Waals surface area contributed by atoms with Gasteiger partial charge in [-0.3, -0.25) is 9.59 Å². The van der Waals surface area contributed by atoms with Crippen molar-refractivity contribution in [2.75, 3.05) is 18.4 Å². The van der Waals surface area contributed by atoms with E-state index in [0.717, 1.165) is 17.1 Å². The van der Waals surface area contributed by atoms with E-state index in [9.17, 15) is 9.59 Å². The summed E-state index contributed by atoms with van der Waals surface area (Å²) in [6.45, 7) is 3.28. The minimum absolute atomic E-state index is 0.127. The summed E-state index contributed by atoms with van der Waals surface area (Å²) >= 11 is 6.67. The molecule has 0 aromatic heterocycles. The van der Waals surface area contributed by atoms with Gasteiger partial charge in [0.1, 0.15) is 5.82 Å². The van der Waals surface area contributed by atoms with Crippen molar-refractivity contribution in [1.29, 1.82) is 0 Å². The number of anilines is 1. The lowest BCUT2D eigenvalue weighted by molar-refractivity contribution is -0.113. The van der Waals surface area contributed by atoms with Gasteiger partial charge in [-0.2, -0.15) is 0 Å². The first kappa shape index (κ1) is 22.0. The molecule has 0 saturated carbocycles. The first-order valence-corrected chi connectivity index (χ1v) is 11.6. The van der Waals surface area contributed by atoms with Gasteiger partial charge in [0.15, 0.2) is 5.78 Å². The van der Waals surface area contributed by atoms with E-state index in [1.54, 1.807) is 18.2 Å². The van der Waals surface area contributed by atoms with E-state index < -0.39 is 5.92 Å². The predicted octanol–water partition coefficient (Wildman–Crippen LogP) is 5.35. The Kier molecular flexibility index (Phi) is 5.95.